The van der Waals surface area contributed by atoms with Gasteiger partial charge in [-0.25, -0.2) is 8.78 Å². The van der Waals surface area contributed by atoms with E-state index in [0.717, 1.165) is 12.1 Å². The average Bonchev–Trinajstić information content (AvgIpc) is 2.85. The minimum atomic E-state index is -1.36. The van der Waals surface area contributed by atoms with Crippen molar-refractivity contribution in [1.29, 1.82) is 0 Å². The van der Waals surface area contributed by atoms with Crippen LogP contribution in [-0.4, -0.2) is 58.5 Å². The van der Waals surface area contributed by atoms with E-state index in [0.29, 0.717) is 0 Å². The molecule has 3 saturated carbocycles. The number of fused-ring (bicyclic) bond motifs is 3. The number of benzene rings is 2. The number of rotatable bonds is 8. The molecule has 194 valence electrons. The second-order valence-corrected chi connectivity index (χ2v) is 9.84. The highest BCUT2D eigenvalue weighted by Gasteiger charge is 2.61. The number of amides is 2. The van der Waals surface area contributed by atoms with E-state index in [4.69, 9.17) is 32.7 Å². The Morgan fingerprint density at radius 3 is 1.50 bits per heavy atom. The molecular weight excluding hydrogens is 521 g/mol. The Morgan fingerprint density at radius 1 is 0.806 bits per heavy atom. The van der Waals surface area contributed by atoms with Crippen molar-refractivity contribution < 1.29 is 38.1 Å². The minimum absolute atomic E-state index is 0.0757. The monoisotopic (exact) mass is 544 g/mol. The van der Waals surface area contributed by atoms with E-state index >= 15 is 0 Å². The molecule has 2 amide bonds. The van der Waals surface area contributed by atoms with Crippen LogP contribution in [-0.2, 0) is 9.59 Å². The number of carbonyl (C=O) groups excluding carboxylic acids is 2. The maximum Gasteiger partial charge on any atom is 0.258 e. The van der Waals surface area contributed by atoms with Gasteiger partial charge >= 0.3 is 0 Å². The third-order valence-corrected chi connectivity index (χ3v) is 7.38. The van der Waals surface area contributed by atoms with Crippen LogP contribution in [0.15, 0.2) is 36.4 Å². The van der Waals surface area contributed by atoms with Crippen molar-refractivity contribution in [2.75, 3.05) is 13.2 Å². The van der Waals surface area contributed by atoms with Crippen LogP contribution in [0.4, 0.5) is 8.78 Å². The van der Waals surface area contributed by atoms with Gasteiger partial charge in [-0.2, -0.15) is 0 Å². The summed E-state index contributed by atoms with van der Waals surface area (Å²) in [6, 6.07) is 7.55. The van der Waals surface area contributed by atoms with Gasteiger partial charge in [0.15, 0.2) is 13.2 Å². The lowest BCUT2D eigenvalue weighted by Gasteiger charge is -2.58. The largest absolute Gasteiger partial charge is 0.484 e. The van der Waals surface area contributed by atoms with Crippen LogP contribution in [0, 0.1) is 11.6 Å². The molecule has 0 unspecified atom stereocenters. The lowest BCUT2D eigenvalue weighted by Crippen LogP contribution is -2.77. The summed E-state index contributed by atoms with van der Waals surface area (Å²) in [7, 11) is 0. The van der Waals surface area contributed by atoms with Gasteiger partial charge in [0.1, 0.15) is 35.3 Å². The quantitative estimate of drug-likeness (QED) is 0.406. The summed E-state index contributed by atoms with van der Waals surface area (Å²) in [4.78, 5) is 25.0. The first-order chi connectivity index (χ1) is 17.0. The zero-order chi connectivity index (χ0) is 26.1. The van der Waals surface area contributed by atoms with Gasteiger partial charge in [-0.1, -0.05) is 23.2 Å². The van der Waals surface area contributed by atoms with Gasteiger partial charge < -0.3 is 30.3 Å². The summed E-state index contributed by atoms with van der Waals surface area (Å²) in [6.07, 6.45) is -1.56. The third kappa shape index (κ3) is 5.36. The number of ether oxygens (including phenoxy) is 2. The van der Waals surface area contributed by atoms with Crippen molar-refractivity contribution in [3.63, 3.8) is 0 Å². The first-order valence-corrected chi connectivity index (χ1v) is 11.9. The predicted octanol–water partition coefficient (Wildman–Crippen LogP) is 2.75. The molecule has 0 radical (unpaired) electrons. The van der Waals surface area contributed by atoms with E-state index in [1.807, 2.05) is 0 Å². The SMILES string of the molecule is O=C(COc1ccc(Cl)c(F)c1)NC12CCC(NC(=O)COc3ccc(Cl)c(F)c3)(CC1)[C@@H](O)[C@@H]2O. The summed E-state index contributed by atoms with van der Waals surface area (Å²) in [5.74, 6) is -2.26. The Hall–Kier alpha value is -2.66. The number of aliphatic hydroxyl groups excluding tert-OH is 2. The van der Waals surface area contributed by atoms with E-state index < -0.39 is 59.9 Å². The molecule has 2 atom stereocenters. The van der Waals surface area contributed by atoms with Crippen LogP contribution in [0.25, 0.3) is 0 Å². The standard InChI is InChI=1S/C24H24Cl2F2N2O6/c25-15-3-1-13(9-17(15)27)35-11-19(31)29-23-5-7-24(8-6-23,22(34)21(23)33)30-20(32)12-36-14-2-4-16(26)18(28)10-14/h1-4,9-10,21-22,33-34H,5-8,11-12H2,(H,29,31)(H,30,32)/t21-,22-,23?,24?/m0/s1. The first-order valence-electron chi connectivity index (χ1n) is 11.2. The fourth-order valence-electron chi connectivity index (χ4n) is 4.79. The molecule has 5 rings (SSSR count). The topological polar surface area (TPSA) is 117 Å². The number of hydrogen-bond acceptors (Lipinski definition) is 6. The molecule has 2 aromatic carbocycles. The first kappa shape index (κ1) is 26.4. The Balaban J connectivity index is 1.32. The number of carbonyl (C=O) groups is 2. The highest BCUT2D eigenvalue weighted by atomic mass is 35.5. The van der Waals surface area contributed by atoms with E-state index in [9.17, 15) is 28.6 Å². The molecule has 0 spiro atoms. The molecule has 0 saturated heterocycles. The van der Waals surface area contributed by atoms with E-state index in [-0.39, 0.29) is 47.2 Å². The highest BCUT2D eigenvalue weighted by molar-refractivity contribution is 6.31. The van der Waals surface area contributed by atoms with Crippen LogP contribution in [0.1, 0.15) is 25.7 Å². The summed E-state index contributed by atoms with van der Waals surface area (Å²) in [5.41, 5.74) is -2.20. The summed E-state index contributed by atoms with van der Waals surface area (Å²) < 4.78 is 37.7. The Bertz CT molecular complexity index is 1070. The number of hydrogen-bond donors (Lipinski definition) is 4. The zero-order valence-electron chi connectivity index (χ0n) is 18.9. The average molecular weight is 545 g/mol. The smallest absolute Gasteiger partial charge is 0.258 e. The summed E-state index contributed by atoms with van der Waals surface area (Å²) in [6.45, 7) is -0.869. The van der Waals surface area contributed by atoms with Crippen molar-refractivity contribution in [3.05, 3.63) is 58.1 Å². The molecule has 36 heavy (non-hydrogen) atoms. The molecule has 3 aliphatic rings. The molecule has 12 heteroatoms. The van der Waals surface area contributed by atoms with Crippen molar-refractivity contribution in [2.45, 2.75) is 49.0 Å². The van der Waals surface area contributed by atoms with E-state index in [1.165, 1.54) is 24.3 Å². The minimum Gasteiger partial charge on any atom is -0.484 e. The fourth-order valence-corrected chi connectivity index (χ4v) is 5.03. The molecule has 8 nitrogen and oxygen atoms in total. The third-order valence-electron chi connectivity index (χ3n) is 6.76. The predicted molar refractivity (Wildman–Crippen MR) is 126 cm³/mol. The molecule has 4 N–H and O–H groups in total. The van der Waals surface area contributed by atoms with E-state index in [1.54, 1.807) is 0 Å². The maximum atomic E-state index is 13.6. The molecule has 0 aromatic heterocycles. The fraction of sp³-hybridized carbons (Fsp3) is 0.417. The van der Waals surface area contributed by atoms with Crippen molar-refractivity contribution in [1.82, 2.24) is 10.6 Å². The van der Waals surface area contributed by atoms with Gasteiger partial charge in [-0.05, 0) is 49.9 Å². The zero-order valence-corrected chi connectivity index (χ0v) is 20.4. The van der Waals surface area contributed by atoms with Gasteiger partial charge in [-0.15, -0.1) is 0 Å². The molecule has 0 heterocycles. The van der Waals surface area contributed by atoms with Crippen LogP contribution in [0.3, 0.4) is 0 Å². The molecular formula is C24H24Cl2F2N2O6. The number of nitrogens with one attached hydrogen (secondary N) is 2. The summed E-state index contributed by atoms with van der Waals surface area (Å²) >= 11 is 11.3. The van der Waals surface area contributed by atoms with Gasteiger partial charge in [0.25, 0.3) is 11.8 Å². The molecule has 0 aliphatic heterocycles. The van der Waals surface area contributed by atoms with Gasteiger partial charge in [-0.3, -0.25) is 9.59 Å². The Morgan fingerprint density at radius 2 is 1.17 bits per heavy atom. The van der Waals surface area contributed by atoms with Gasteiger partial charge in [0.05, 0.1) is 21.1 Å². The molecule has 2 bridgehead atoms. The van der Waals surface area contributed by atoms with Crippen molar-refractivity contribution >= 4 is 35.0 Å². The normalized spacial score (nSPS) is 26.8. The Kier molecular flexibility index (Phi) is 7.61. The van der Waals surface area contributed by atoms with Crippen LogP contribution in [0.2, 0.25) is 10.0 Å². The van der Waals surface area contributed by atoms with Crippen LogP contribution < -0.4 is 20.1 Å². The van der Waals surface area contributed by atoms with Crippen molar-refractivity contribution in [3.8, 4) is 11.5 Å². The van der Waals surface area contributed by atoms with E-state index in [2.05, 4.69) is 10.6 Å². The lowest BCUT2D eigenvalue weighted by atomic mass is 9.58. The lowest BCUT2D eigenvalue weighted by molar-refractivity contribution is -0.166. The van der Waals surface area contributed by atoms with Gasteiger partial charge in [0.2, 0.25) is 0 Å². The highest BCUT2D eigenvalue weighted by Crippen LogP contribution is 2.47. The van der Waals surface area contributed by atoms with Crippen LogP contribution >= 0.6 is 23.2 Å². The summed E-state index contributed by atoms with van der Waals surface area (Å²) in [5, 5.41) is 27.1. The molecule has 3 fully saturated rings. The van der Waals surface area contributed by atoms with Crippen LogP contribution in [0.5, 0.6) is 11.5 Å². The second kappa shape index (κ2) is 10.4. The number of aliphatic hydroxyl groups is 2. The Labute approximate surface area is 215 Å². The second-order valence-electron chi connectivity index (χ2n) is 9.03. The maximum absolute atomic E-state index is 13.6. The molecule has 3 aliphatic carbocycles. The van der Waals surface area contributed by atoms with Crippen molar-refractivity contribution in [2.24, 2.45) is 0 Å². The molecule has 2 aromatic rings. The number of halogens is 4. The van der Waals surface area contributed by atoms with Gasteiger partial charge in [0, 0.05) is 12.1 Å².